The summed E-state index contributed by atoms with van der Waals surface area (Å²) >= 11 is 1.66. The molecule has 0 atom stereocenters. The molecule has 0 bridgehead atoms. The molecule has 2 aliphatic rings. The third kappa shape index (κ3) is 3.71. The van der Waals surface area contributed by atoms with Crippen LogP contribution in [-0.4, -0.2) is 47.6 Å². The van der Waals surface area contributed by atoms with Crippen LogP contribution in [0, 0.1) is 5.82 Å². The number of nitrogens with zero attached hydrogens (tertiary/aromatic N) is 2. The Labute approximate surface area is 174 Å². The topological polar surface area (TPSA) is 29.7 Å². The van der Waals surface area contributed by atoms with Crippen LogP contribution in [0.4, 0.5) is 4.39 Å². The van der Waals surface area contributed by atoms with E-state index in [1.807, 2.05) is 11.0 Å². The number of nitrogens with one attached hydrogen (secondary N) is 1. The summed E-state index contributed by atoms with van der Waals surface area (Å²) in [5.41, 5.74) is 2.83. The van der Waals surface area contributed by atoms with Crippen LogP contribution in [0.15, 0.2) is 41.8 Å². The second kappa shape index (κ2) is 7.92. The first-order valence-corrected chi connectivity index (χ1v) is 11.5. The lowest BCUT2D eigenvalue weighted by atomic mass is 10.1. The van der Waals surface area contributed by atoms with Gasteiger partial charge in [-0.2, -0.15) is 0 Å². The summed E-state index contributed by atoms with van der Waals surface area (Å²) in [6, 6.07) is 11.5. The molecule has 152 valence electrons. The number of amides is 1. The van der Waals surface area contributed by atoms with Gasteiger partial charge in [0.15, 0.2) is 0 Å². The molecule has 0 spiro atoms. The maximum Gasteiger partial charge on any atom is 0.270 e. The molecule has 0 unspecified atom stereocenters. The fraction of sp³-hybridized carbons (Fsp3) is 0.435. The fourth-order valence-corrected chi connectivity index (χ4v) is 5.82. The lowest BCUT2D eigenvalue weighted by Crippen LogP contribution is -3.18. The highest BCUT2D eigenvalue weighted by atomic mass is 32.1. The molecule has 0 radical (unpaired) electrons. The van der Waals surface area contributed by atoms with Crippen LogP contribution in [0.2, 0.25) is 0 Å². The molecule has 1 aliphatic carbocycles. The Morgan fingerprint density at radius 3 is 2.55 bits per heavy atom. The minimum absolute atomic E-state index is 0.126. The second-order valence-electron chi connectivity index (χ2n) is 8.34. The first-order chi connectivity index (χ1) is 14.2. The molecule has 4 nitrogen and oxygen atoms in total. The van der Waals surface area contributed by atoms with Crippen LogP contribution in [0.25, 0.3) is 10.2 Å². The van der Waals surface area contributed by atoms with Crippen LogP contribution < -0.4 is 4.90 Å². The highest BCUT2D eigenvalue weighted by molar-refractivity contribution is 7.17. The Hall–Kier alpha value is -2.18. The summed E-state index contributed by atoms with van der Waals surface area (Å²) in [4.78, 5) is 17.1. The number of thiophene rings is 1. The number of hydrogen-bond acceptors (Lipinski definition) is 2. The molecular weight excluding hydrogens is 385 g/mol. The van der Waals surface area contributed by atoms with Gasteiger partial charge in [-0.25, -0.2) is 4.39 Å². The van der Waals surface area contributed by atoms with Gasteiger partial charge in [-0.1, -0.05) is 12.1 Å². The highest BCUT2D eigenvalue weighted by Crippen LogP contribution is 2.27. The monoisotopic (exact) mass is 412 g/mol. The van der Waals surface area contributed by atoms with Crippen molar-refractivity contribution in [2.45, 2.75) is 38.3 Å². The molecule has 2 fully saturated rings. The van der Waals surface area contributed by atoms with E-state index in [9.17, 15) is 9.18 Å². The second-order valence-corrected chi connectivity index (χ2v) is 9.29. The summed E-state index contributed by atoms with van der Waals surface area (Å²) in [5.74, 6) is -0.109. The van der Waals surface area contributed by atoms with Crippen molar-refractivity contribution in [3.8, 4) is 0 Å². The minimum Gasteiger partial charge on any atom is -0.331 e. The number of benzene rings is 1. The Morgan fingerprint density at radius 1 is 1.10 bits per heavy atom. The van der Waals surface area contributed by atoms with Gasteiger partial charge >= 0.3 is 0 Å². The van der Waals surface area contributed by atoms with Gasteiger partial charge in [0.2, 0.25) is 0 Å². The smallest absolute Gasteiger partial charge is 0.270 e. The van der Waals surface area contributed by atoms with Crippen molar-refractivity contribution in [3.05, 3.63) is 58.9 Å². The molecule has 29 heavy (non-hydrogen) atoms. The molecule has 5 rings (SSSR count). The van der Waals surface area contributed by atoms with E-state index < -0.39 is 0 Å². The third-order valence-corrected chi connectivity index (χ3v) is 7.47. The van der Waals surface area contributed by atoms with Gasteiger partial charge in [0.25, 0.3) is 5.91 Å². The zero-order valence-electron chi connectivity index (χ0n) is 16.6. The molecule has 2 aromatic heterocycles. The van der Waals surface area contributed by atoms with E-state index in [2.05, 4.69) is 16.0 Å². The van der Waals surface area contributed by atoms with E-state index in [1.165, 1.54) is 37.8 Å². The molecule has 6 heteroatoms. The van der Waals surface area contributed by atoms with Gasteiger partial charge in [0.1, 0.15) is 11.5 Å². The minimum atomic E-state index is -0.235. The Morgan fingerprint density at radius 2 is 1.83 bits per heavy atom. The standard InChI is InChI=1S/C23H26FN3OS/c24-18-7-5-17(6-8-18)16-27-20-9-14-29-22(20)15-21(27)23(28)26-12-10-25(11-13-26)19-3-1-2-4-19/h5-9,14-15,19H,1-4,10-13,16H2/p+1. The van der Waals surface area contributed by atoms with Crippen molar-refractivity contribution in [3.63, 3.8) is 0 Å². The molecule has 1 saturated heterocycles. The number of rotatable bonds is 4. The van der Waals surface area contributed by atoms with Crippen LogP contribution in [0.5, 0.6) is 0 Å². The molecule has 1 aliphatic heterocycles. The molecule has 1 aromatic carbocycles. The predicted molar refractivity (Wildman–Crippen MR) is 114 cm³/mol. The summed E-state index contributed by atoms with van der Waals surface area (Å²) in [6.45, 7) is 4.36. The zero-order valence-corrected chi connectivity index (χ0v) is 17.4. The van der Waals surface area contributed by atoms with Gasteiger partial charge in [0, 0.05) is 6.54 Å². The SMILES string of the molecule is O=C(c1cc2sccc2n1Cc1ccc(F)cc1)N1CC[NH+](C2CCCC2)CC1. The number of fused-ring (bicyclic) bond motifs is 1. The first kappa shape index (κ1) is 18.8. The number of hydrogen-bond donors (Lipinski definition) is 1. The van der Waals surface area contributed by atoms with E-state index in [-0.39, 0.29) is 11.7 Å². The molecule has 1 N–H and O–H groups in total. The summed E-state index contributed by atoms with van der Waals surface area (Å²) in [7, 11) is 0. The quantitative estimate of drug-likeness (QED) is 0.701. The number of carbonyl (C=O) groups excluding carboxylic acids is 1. The lowest BCUT2D eigenvalue weighted by Gasteiger charge is -2.35. The Balaban J connectivity index is 1.36. The van der Waals surface area contributed by atoms with E-state index in [0.29, 0.717) is 6.54 Å². The van der Waals surface area contributed by atoms with E-state index in [1.54, 1.807) is 28.4 Å². The van der Waals surface area contributed by atoms with Gasteiger partial charge in [-0.05, 0) is 60.9 Å². The lowest BCUT2D eigenvalue weighted by molar-refractivity contribution is -0.928. The number of quaternary nitrogens is 1. The maximum absolute atomic E-state index is 13.4. The van der Waals surface area contributed by atoms with Crippen molar-refractivity contribution < 1.29 is 14.1 Å². The maximum atomic E-state index is 13.4. The van der Waals surface area contributed by atoms with Crippen molar-refractivity contribution >= 4 is 27.5 Å². The summed E-state index contributed by atoms with van der Waals surface area (Å²) in [6.07, 6.45) is 5.43. The Kier molecular flexibility index (Phi) is 5.14. The zero-order chi connectivity index (χ0) is 19.8. The predicted octanol–water partition coefficient (Wildman–Crippen LogP) is 3.17. The summed E-state index contributed by atoms with van der Waals surface area (Å²) < 4.78 is 16.5. The molecule has 1 amide bonds. The molecule has 3 heterocycles. The Bertz CT molecular complexity index is 995. The van der Waals surface area contributed by atoms with Crippen LogP contribution >= 0.6 is 11.3 Å². The van der Waals surface area contributed by atoms with Crippen LogP contribution in [0.3, 0.4) is 0 Å². The number of piperazine rings is 1. The van der Waals surface area contributed by atoms with E-state index in [0.717, 1.165) is 53.7 Å². The van der Waals surface area contributed by atoms with E-state index >= 15 is 0 Å². The number of aromatic nitrogens is 1. The molecule has 1 saturated carbocycles. The average Bonchev–Trinajstić information content (AvgIpc) is 3.48. The number of carbonyl (C=O) groups is 1. The first-order valence-electron chi connectivity index (χ1n) is 10.6. The largest absolute Gasteiger partial charge is 0.331 e. The van der Waals surface area contributed by atoms with E-state index in [4.69, 9.17) is 0 Å². The van der Waals surface area contributed by atoms with Crippen molar-refractivity contribution in [2.75, 3.05) is 26.2 Å². The number of halogens is 1. The van der Waals surface area contributed by atoms with Crippen molar-refractivity contribution in [2.24, 2.45) is 0 Å². The van der Waals surface area contributed by atoms with Crippen molar-refractivity contribution in [1.29, 1.82) is 0 Å². The van der Waals surface area contributed by atoms with Gasteiger partial charge in [-0.3, -0.25) is 4.79 Å². The van der Waals surface area contributed by atoms with Gasteiger partial charge in [0.05, 0.1) is 42.4 Å². The summed E-state index contributed by atoms with van der Waals surface area (Å²) in [5, 5.41) is 2.06. The van der Waals surface area contributed by atoms with Gasteiger partial charge < -0.3 is 14.4 Å². The molecule has 3 aromatic rings. The van der Waals surface area contributed by atoms with Crippen LogP contribution in [0.1, 0.15) is 41.7 Å². The van der Waals surface area contributed by atoms with Gasteiger partial charge in [-0.15, -0.1) is 11.3 Å². The third-order valence-electron chi connectivity index (χ3n) is 6.62. The fourth-order valence-electron chi connectivity index (χ4n) is 5.00. The average molecular weight is 413 g/mol. The van der Waals surface area contributed by atoms with Crippen molar-refractivity contribution in [1.82, 2.24) is 9.47 Å². The molecular formula is C23H27FN3OS+. The normalized spacial score (nSPS) is 18.7. The highest BCUT2D eigenvalue weighted by Gasteiger charge is 2.32. The van der Waals surface area contributed by atoms with Crippen LogP contribution in [-0.2, 0) is 6.54 Å².